The van der Waals surface area contributed by atoms with Gasteiger partial charge in [0, 0.05) is 11.4 Å². The van der Waals surface area contributed by atoms with Gasteiger partial charge in [0.15, 0.2) is 0 Å². The molecule has 5 nitrogen and oxygen atoms in total. The number of carboxylic acid groups (broad SMARTS) is 2. The Balaban J connectivity index is 3.43. The van der Waals surface area contributed by atoms with Gasteiger partial charge < -0.3 is 15.3 Å². The van der Waals surface area contributed by atoms with Gasteiger partial charge in [-0.1, -0.05) is 24.3 Å². The highest BCUT2D eigenvalue weighted by Crippen LogP contribution is 2.26. The molecule has 0 aromatic heterocycles. The van der Waals surface area contributed by atoms with E-state index in [9.17, 15) is 14.7 Å². The molecule has 6 heteroatoms. The fourth-order valence-electron chi connectivity index (χ4n) is 1.31. The molecule has 0 aliphatic heterocycles. The van der Waals surface area contributed by atoms with Crippen molar-refractivity contribution in [3.63, 3.8) is 0 Å². The smallest absolute Gasteiger partial charge is 0.352 e. The van der Waals surface area contributed by atoms with Crippen LogP contribution in [0.1, 0.15) is 11.1 Å². The fourth-order valence-corrected chi connectivity index (χ4v) is 1.54. The van der Waals surface area contributed by atoms with Crippen LogP contribution in [0.25, 0.3) is 0 Å². The summed E-state index contributed by atoms with van der Waals surface area (Å²) in [6, 6.07) is 5.69. The maximum Gasteiger partial charge on any atom is 0.352 e. The van der Waals surface area contributed by atoms with Crippen LogP contribution in [0, 0.1) is 0 Å². The van der Waals surface area contributed by atoms with Crippen LogP contribution < -0.4 is 0 Å². The van der Waals surface area contributed by atoms with E-state index < -0.39 is 17.5 Å². The Morgan fingerprint density at radius 3 is 2.12 bits per heavy atom. The number of alkyl halides is 1. The zero-order chi connectivity index (χ0) is 12.3. The van der Waals surface area contributed by atoms with Crippen LogP contribution in [0.15, 0.2) is 24.3 Å². The first-order chi connectivity index (χ1) is 7.44. The predicted molar refractivity (Wildman–Crippen MR) is 55.2 cm³/mol. The number of hydrogen-bond donors (Lipinski definition) is 3. The van der Waals surface area contributed by atoms with Crippen LogP contribution in [0.3, 0.4) is 0 Å². The molecule has 0 saturated heterocycles. The zero-order valence-corrected chi connectivity index (χ0v) is 8.81. The van der Waals surface area contributed by atoms with Gasteiger partial charge in [0.25, 0.3) is 5.60 Å². The molecule has 0 aliphatic rings. The lowest BCUT2D eigenvalue weighted by molar-refractivity contribution is -0.177. The van der Waals surface area contributed by atoms with E-state index in [1.165, 1.54) is 18.2 Å². The van der Waals surface area contributed by atoms with E-state index in [4.69, 9.17) is 21.8 Å². The van der Waals surface area contributed by atoms with Gasteiger partial charge >= 0.3 is 11.9 Å². The molecule has 1 rings (SSSR count). The minimum absolute atomic E-state index is 0.0843. The number of halogens is 1. The van der Waals surface area contributed by atoms with Crippen LogP contribution in [-0.2, 0) is 21.1 Å². The molecule has 16 heavy (non-hydrogen) atoms. The third-order valence-corrected chi connectivity index (χ3v) is 2.46. The van der Waals surface area contributed by atoms with Gasteiger partial charge in [-0.3, -0.25) is 0 Å². The molecule has 1 aromatic rings. The zero-order valence-electron chi connectivity index (χ0n) is 8.05. The van der Waals surface area contributed by atoms with Crippen LogP contribution >= 0.6 is 11.6 Å². The summed E-state index contributed by atoms with van der Waals surface area (Å²) in [7, 11) is 0. The molecular weight excluding hydrogens is 236 g/mol. The highest BCUT2D eigenvalue weighted by Gasteiger charge is 2.47. The maximum absolute atomic E-state index is 10.9. The van der Waals surface area contributed by atoms with Crippen molar-refractivity contribution in [3.05, 3.63) is 35.4 Å². The Labute approximate surface area is 95.9 Å². The molecule has 1 aromatic carbocycles. The summed E-state index contributed by atoms with van der Waals surface area (Å²) < 4.78 is 0. The number of aliphatic carboxylic acids is 2. The number of carbonyl (C=O) groups is 2. The number of rotatable bonds is 4. The number of hydrogen-bond acceptors (Lipinski definition) is 3. The fraction of sp³-hybridized carbons (Fsp3) is 0.200. The van der Waals surface area contributed by atoms with Crippen molar-refractivity contribution in [2.45, 2.75) is 11.5 Å². The molecule has 0 amide bonds. The SMILES string of the molecule is O=C(O)C(O)(C(=O)O)c1ccccc1CCl. The molecule has 0 saturated carbocycles. The predicted octanol–water partition coefficient (Wildman–Crippen LogP) is 0.782. The lowest BCUT2D eigenvalue weighted by Crippen LogP contribution is -2.44. The molecule has 0 fully saturated rings. The van der Waals surface area contributed by atoms with Gasteiger partial charge in [-0.05, 0) is 5.56 Å². The Kier molecular flexibility index (Phi) is 3.51. The number of benzene rings is 1. The van der Waals surface area contributed by atoms with Crippen LogP contribution in [0.5, 0.6) is 0 Å². The average molecular weight is 245 g/mol. The molecule has 0 unspecified atom stereocenters. The average Bonchev–Trinajstić information content (AvgIpc) is 2.27. The third-order valence-electron chi connectivity index (χ3n) is 2.17. The first kappa shape index (κ1) is 12.5. The summed E-state index contributed by atoms with van der Waals surface area (Å²) >= 11 is 5.55. The summed E-state index contributed by atoms with van der Waals surface area (Å²) in [4.78, 5) is 21.7. The lowest BCUT2D eigenvalue weighted by Gasteiger charge is -2.21. The van der Waals surface area contributed by atoms with Crippen molar-refractivity contribution in [3.8, 4) is 0 Å². The second-order valence-corrected chi connectivity index (χ2v) is 3.38. The van der Waals surface area contributed by atoms with Gasteiger partial charge in [0.2, 0.25) is 0 Å². The van der Waals surface area contributed by atoms with E-state index >= 15 is 0 Å². The van der Waals surface area contributed by atoms with Crippen molar-refractivity contribution in [1.82, 2.24) is 0 Å². The Morgan fingerprint density at radius 2 is 1.69 bits per heavy atom. The van der Waals surface area contributed by atoms with E-state index in [0.717, 1.165) is 0 Å². The minimum atomic E-state index is -2.97. The van der Waals surface area contributed by atoms with Gasteiger partial charge in [0.05, 0.1) is 0 Å². The van der Waals surface area contributed by atoms with E-state index in [2.05, 4.69) is 0 Å². The largest absolute Gasteiger partial charge is 0.478 e. The van der Waals surface area contributed by atoms with Gasteiger partial charge in [0.1, 0.15) is 0 Å². The highest BCUT2D eigenvalue weighted by molar-refractivity contribution is 6.17. The van der Waals surface area contributed by atoms with Crippen LogP contribution in [-0.4, -0.2) is 27.3 Å². The third kappa shape index (κ3) is 1.87. The number of carboxylic acids is 2. The van der Waals surface area contributed by atoms with E-state index in [-0.39, 0.29) is 17.0 Å². The summed E-state index contributed by atoms with van der Waals surface area (Å²) in [5, 5.41) is 27.3. The molecule has 0 atom stereocenters. The second-order valence-electron chi connectivity index (χ2n) is 3.11. The molecule has 0 heterocycles. The molecule has 0 spiro atoms. The molecule has 0 aliphatic carbocycles. The maximum atomic E-state index is 10.9. The van der Waals surface area contributed by atoms with E-state index in [0.29, 0.717) is 0 Å². The first-order valence-electron chi connectivity index (χ1n) is 4.28. The first-order valence-corrected chi connectivity index (χ1v) is 4.81. The summed E-state index contributed by atoms with van der Waals surface area (Å²) in [6.07, 6.45) is 0. The lowest BCUT2D eigenvalue weighted by atomic mass is 9.90. The van der Waals surface area contributed by atoms with Gasteiger partial charge in [-0.2, -0.15) is 0 Å². The highest BCUT2D eigenvalue weighted by atomic mass is 35.5. The monoisotopic (exact) mass is 244 g/mol. The normalized spacial score (nSPS) is 11.1. The van der Waals surface area contributed by atoms with Crippen molar-refractivity contribution in [2.75, 3.05) is 0 Å². The Hall–Kier alpha value is -1.59. The minimum Gasteiger partial charge on any atom is -0.478 e. The van der Waals surface area contributed by atoms with E-state index in [1.807, 2.05) is 0 Å². The van der Waals surface area contributed by atoms with Crippen molar-refractivity contribution in [2.24, 2.45) is 0 Å². The summed E-state index contributed by atoms with van der Waals surface area (Å²) in [6.45, 7) is 0. The molecular formula is C10H9ClO5. The van der Waals surface area contributed by atoms with E-state index in [1.54, 1.807) is 6.07 Å². The molecule has 0 radical (unpaired) electrons. The van der Waals surface area contributed by atoms with Crippen molar-refractivity contribution < 1.29 is 24.9 Å². The van der Waals surface area contributed by atoms with Crippen molar-refractivity contribution in [1.29, 1.82) is 0 Å². The second kappa shape index (κ2) is 4.51. The van der Waals surface area contributed by atoms with Crippen LogP contribution in [0.4, 0.5) is 0 Å². The topological polar surface area (TPSA) is 94.8 Å². The van der Waals surface area contributed by atoms with Crippen molar-refractivity contribution >= 4 is 23.5 Å². The molecule has 86 valence electrons. The standard InChI is InChI=1S/C10H9ClO5/c11-5-6-3-1-2-4-7(6)10(16,8(12)13)9(14)15/h1-4,16H,5H2,(H,12,13)(H,14,15). The van der Waals surface area contributed by atoms with Gasteiger partial charge in [-0.25, -0.2) is 9.59 Å². The summed E-state index contributed by atoms with van der Waals surface area (Å²) in [5.74, 6) is -3.78. The number of aliphatic hydroxyl groups is 1. The summed E-state index contributed by atoms with van der Waals surface area (Å²) in [5.41, 5.74) is -2.94. The quantitative estimate of drug-likeness (QED) is 0.537. The molecule has 3 N–H and O–H groups in total. The Morgan fingerprint density at radius 1 is 1.19 bits per heavy atom. The van der Waals surface area contributed by atoms with Crippen LogP contribution in [0.2, 0.25) is 0 Å². The Bertz CT molecular complexity index is 415. The molecule has 0 bridgehead atoms. The van der Waals surface area contributed by atoms with Gasteiger partial charge in [-0.15, -0.1) is 11.6 Å².